The third kappa shape index (κ3) is 7.95. The molecule has 0 aliphatic carbocycles. The van der Waals surface area contributed by atoms with Crippen molar-refractivity contribution in [2.45, 2.75) is 52.1 Å². The summed E-state index contributed by atoms with van der Waals surface area (Å²) >= 11 is 0. The van der Waals surface area contributed by atoms with E-state index in [1.807, 2.05) is 32.0 Å². The Kier molecular flexibility index (Phi) is 11.4. The van der Waals surface area contributed by atoms with Crippen molar-refractivity contribution in [1.82, 2.24) is 5.32 Å². The number of hydrogen-bond acceptors (Lipinski definition) is 4. The van der Waals surface area contributed by atoms with Gasteiger partial charge in [-0.05, 0) is 50.3 Å². The van der Waals surface area contributed by atoms with Gasteiger partial charge < -0.3 is 21.3 Å². The number of nitrogens with zero attached hydrogens (tertiary/aromatic N) is 1. The van der Waals surface area contributed by atoms with Crippen LogP contribution in [0.1, 0.15) is 40.0 Å². The molecule has 0 spiro atoms. The Morgan fingerprint density at radius 3 is 2.33 bits per heavy atom. The summed E-state index contributed by atoms with van der Waals surface area (Å²) in [4.78, 5) is 26.7. The van der Waals surface area contributed by atoms with Crippen molar-refractivity contribution < 1.29 is 9.59 Å². The number of halogens is 2. The lowest BCUT2D eigenvalue weighted by atomic mass is 10.0. The molecule has 1 aliphatic rings. The van der Waals surface area contributed by atoms with Crippen LogP contribution in [0.2, 0.25) is 0 Å². The number of hydrogen-bond donors (Lipinski definition) is 3. The van der Waals surface area contributed by atoms with E-state index in [0.29, 0.717) is 12.3 Å². The topological polar surface area (TPSA) is 87.5 Å². The normalized spacial score (nSPS) is 15.4. The second-order valence-electron chi connectivity index (χ2n) is 7.20. The molecular weight excluding hydrogens is 387 g/mol. The first-order valence-electron chi connectivity index (χ1n) is 9.08. The van der Waals surface area contributed by atoms with Gasteiger partial charge in [0.25, 0.3) is 0 Å². The Bertz CT molecular complexity index is 607. The third-order valence-corrected chi connectivity index (χ3v) is 4.40. The number of carbonyl (C=O) groups is 2. The average Bonchev–Trinajstić information content (AvgIpc) is 3.08. The van der Waals surface area contributed by atoms with Crippen LogP contribution in [0, 0.1) is 5.92 Å². The number of anilines is 2. The molecule has 1 aromatic carbocycles. The van der Waals surface area contributed by atoms with E-state index in [2.05, 4.69) is 21.6 Å². The Labute approximate surface area is 174 Å². The Hall–Kier alpha value is -1.50. The van der Waals surface area contributed by atoms with Crippen LogP contribution in [0.3, 0.4) is 0 Å². The highest BCUT2D eigenvalue weighted by Gasteiger charge is 2.21. The summed E-state index contributed by atoms with van der Waals surface area (Å²) in [7, 11) is 0. The predicted molar refractivity (Wildman–Crippen MR) is 116 cm³/mol. The van der Waals surface area contributed by atoms with Crippen molar-refractivity contribution in [2.75, 3.05) is 23.3 Å². The molecular formula is C19H32Cl2N4O2. The van der Waals surface area contributed by atoms with Gasteiger partial charge in [0.1, 0.15) is 6.04 Å². The van der Waals surface area contributed by atoms with Gasteiger partial charge in [0.15, 0.2) is 0 Å². The fourth-order valence-corrected chi connectivity index (χ4v) is 3.01. The van der Waals surface area contributed by atoms with Crippen LogP contribution in [0.5, 0.6) is 0 Å². The van der Waals surface area contributed by atoms with Crippen molar-refractivity contribution in [2.24, 2.45) is 11.7 Å². The second-order valence-corrected chi connectivity index (χ2v) is 7.20. The van der Waals surface area contributed by atoms with Crippen LogP contribution in [-0.4, -0.2) is 37.0 Å². The molecule has 2 amide bonds. The summed E-state index contributed by atoms with van der Waals surface area (Å²) in [5, 5.41) is 5.56. The maximum atomic E-state index is 12.3. The van der Waals surface area contributed by atoms with Crippen LogP contribution in [0.4, 0.5) is 11.4 Å². The van der Waals surface area contributed by atoms with Gasteiger partial charge in [-0.15, -0.1) is 24.8 Å². The summed E-state index contributed by atoms with van der Waals surface area (Å²) < 4.78 is 0. The van der Waals surface area contributed by atoms with E-state index < -0.39 is 12.1 Å². The standard InChI is InChI=1S/C19H30N4O2.2ClH/c1-13(2)11-17(20)19(25)21-14(3)18(24)22-15-7-6-8-16(12-15)23-9-4-5-10-23;;/h6-8,12-14,17H,4-5,9-11,20H2,1-3H3,(H,21,25)(H,22,24);2*1H/t14?,17-;;/m0../s1. The summed E-state index contributed by atoms with van der Waals surface area (Å²) in [5.41, 5.74) is 7.71. The highest BCUT2D eigenvalue weighted by Crippen LogP contribution is 2.23. The largest absolute Gasteiger partial charge is 0.371 e. The molecule has 1 saturated heterocycles. The summed E-state index contributed by atoms with van der Waals surface area (Å²) in [6.07, 6.45) is 3.00. The van der Waals surface area contributed by atoms with E-state index in [4.69, 9.17) is 5.73 Å². The summed E-state index contributed by atoms with van der Waals surface area (Å²) in [6.45, 7) is 7.79. The Morgan fingerprint density at radius 2 is 1.74 bits per heavy atom. The number of rotatable bonds is 7. The number of amides is 2. The predicted octanol–water partition coefficient (Wildman–Crippen LogP) is 2.95. The van der Waals surface area contributed by atoms with Gasteiger partial charge in [-0.2, -0.15) is 0 Å². The monoisotopic (exact) mass is 418 g/mol. The third-order valence-electron chi connectivity index (χ3n) is 4.40. The van der Waals surface area contributed by atoms with Gasteiger partial charge in [0.05, 0.1) is 6.04 Å². The van der Waals surface area contributed by atoms with E-state index in [1.54, 1.807) is 6.92 Å². The molecule has 1 aliphatic heterocycles. The van der Waals surface area contributed by atoms with E-state index in [-0.39, 0.29) is 36.6 Å². The molecule has 2 rings (SSSR count). The average molecular weight is 419 g/mol. The first-order valence-corrected chi connectivity index (χ1v) is 9.08. The van der Waals surface area contributed by atoms with Gasteiger partial charge in [0.2, 0.25) is 11.8 Å². The van der Waals surface area contributed by atoms with Crippen LogP contribution < -0.4 is 21.3 Å². The fourth-order valence-electron chi connectivity index (χ4n) is 3.01. The lowest BCUT2D eigenvalue weighted by Crippen LogP contribution is -2.49. The molecule has 2 atom stereocenters. The highest BCUT2D eigenvalue weighted by atomic mass is 35.5. The number of nitrogens with two attached hydrogens (primary N) is 1. The lowest BCUT2D eigenvalue weighted by molar-refractivity contribution is -0.127. The molecule has 8 heteroatoms. The van der Waals surface area contributed by atoms with Crippen molar-refractivity contribution in [3.8, 4) is 0 Å². The SMILES string of the molecule is CC(C)C[C@H](N)C(=O)NC(C)C(=O)Nc1cccc(N2CCCC2)c1.Cl.Cl. The molecule has 1 unspecified atom stereocenters. The van der Waals surface area contributed by atoms with Crippen LogP contribution in [0.15, 0.2) is 24.3 Å². The quantitative estimate of drug-likeness (QED) is 0.634. The smallest absolute Gasteiger partial charge is 0.246 e. The van der Waals surface area contributed by atoms with Crippen molar-refractivity contribution in [3.05, 3.63) is 24.3 Å². The molecule has 1 aromatic rings. The number of carbonyl (C=O) groups excluding carboxylic acids is 2. The van der Waals surface area contributed by atoms with Gasteiger partial charge in [-0.1, -0.05) is 19.9 Å². The summed E-state index contributed by atoms with van der Waals surface area (Å²) in [5.74, 6) is -0.205. The number of benzene rings is 1. The number of nitrogens with one attached hydrogen (secondary N) is 2. The zero-order valence-corrected chi connectivity index (χ0v) is 17.9. The maximum Gasteiger partial charge on any atom is 0.246 e. The van der Waals surface area contributed by atoms with E-state index in [0.717, 1.165) is 24.5 Å². The van der Waals surface area contributed by atoms with Gasteiger partial charge >= 0.3 is 0 Å². The molecule has 1 heterocycles. The first kappa shape index (κ1) is 25.5. The molecule has 27 heavy (non-hydrogen) atoms. The molecule has 0 bridgehead atoms. The summed E-state index contributed by atoms with van der Waals surface area (Å²) in [6, 6.07) is 6.59. The van der Waals surface area contributed by atoms with Crippen molar-refractivity contribution in [3.63, 3.8) is 0 Å². The van der Waals surface area contributed by atoms with E-state index in [1.165, 1.54) is 12.8 Å². The lowest BCUT2D eigenvalue weighted by Gasteiger charge is -2.20. The molecule has 6 nitrogen and oxygen atoms in total. The maximum absolute atomic E-state index is 12.3. The van der Waals surface area contributed by atoms with Crippen molar-refractivity contribution in [1.29, 1.82) is 0 Å². The van der Waals surface area contributed by atoms with E-state index >= 15 is 0 Å². The molecule has 4 N–H and O–H groups in total. The van der Waals surface area contributed by atoms with Gasteiger partial charge in [-0.25, -0.2) is 0 Å². The molecule has 0 radical (unpaired) electrons. The van der Waals surface area contributed by atoms with Crippen molar-refractivity contribution >= 4 is 48.0 Å². The fraction of sp³-hybridized carbons (Fsp3) is 0.579. The molecule has 1 fully saturated rings. The minimum atomic E-state index is -0.638. The van der Waals surface area contributed by atoms with E-state index in [9.17, 15) is 9.59 Å². The van der Waals surface area contributed by atoms with Gasteiger partial charge in [-0.3, -0.25) is 9.59 Å². The molecule has 0 saturated carbocycles. The minimum Gasteiger partial charge on any atom is -0.371 e. The minimum absolute atomic E-state index is 0. The van der Waals surface area contributed by atoms with Crippen LogP contribution >= 0.6 is 24.8 Å². The Morgan fingerprint density at radius 1 is 1.11 bits per heavy atom. The molecule has 154 valence electrons. The van der Waals surface area contributed by atoms with Crippen LogP contribution in [0.25, 0.3) is 0 Å². The zero-order chi connectivity index (χ0) is 18.4. The zero-order valence-electron chi connectivity index (χ0n) is 16.2. The Balaban J connectivity index is 0.00000338. The highest BCUT2D eigenvalue weighted by molar-refractivity contribution is 5.97. The molecule has 0 aromatic heterocycles. The van der Waals surface area contributed by atoms with Crippen LogP contribution in [-0.2, 0) is 9.59 Å². The first-order chi connectivity index (χ1) is 11.9. The second kappa shape index (κ2) is 12.1. The van der Waals surface area contributed by atoms with Gasteiger partial charge in [0, 0.05) is 24.5 Å².